The number of halogens is 12. The molecule has 0 atom stereocenters. The van der Waals surface area contributed by atoms with Crippen LogP contribution in [0.2, 0.25) is 0 Å². The van der Waals surface area contributed by atoms with Gasteiger partial charge in [0.2, 0.25) is 14.1 Å². The number of hydrogen-bond donors (Lipinski definition) is 0. The normalized spacial score (nSPS) is 12.9. The van der Waals surface area contributed by atoms with Gasteiger partial charge in [-0.15, -0.1) is 6.42 Å². The molecular weight excluding hydrogens is 625 g/mol. The predicted octanol–water partition coefficient (Wildman–Crippen LogP) is 7.44. The van der Waals surface area contributed by atoms with Gasteiger partial charge in [0.05, 0.1) is 0 Å². The first kappa shape index (κ1) is 42.5. The second kappa shape index (κ2) is 27.5. The molecule has 0 unspecified atom stereocenters. The topological polar surface area (TPSA) is 8.72 Å². The van der Waals surface area contributed by atoms with Crippen LogP contribution in [0, 0.1) is 19.2 Å². The van der Waals surface area contributed by atoms with E-state index >= 15 is 0 Å². The van der Waals surface area contributed by atoms with Crippen molar-refractivity contribution in [1.29, 1.82) is 0 Å². The van der Waals surface area contributed by atoms with Crippen molar-refractivity contribution in [3.05, 3.63) is 47.1 Å². The molecule has 30 heavy (non-hydrogen) atoms. The van der Waals surface area contributed by atoms with Gasteiger partial charge in [-0.25, -0.2) is 25.3 Å². The zero-order chi connectivity index (χ0) is 24.6. The molecule has 0 saturated heterocycles. The Hall–Kier alpha value is -1.54. The Bertz CT molecular complexity index is 407. The second-order valence-corrected chi connectivity index (χ2v) is 3.98. The van der Waals surface area contributed by atoms with Crippen molar-refractivity contribution in [2.24, 2.45) is 0 Å². The van der Waals surface area contributed by atoms with Crippen LogP contribution in [0.3, 0.4) is 0 Å². The molecule has 0 aromatic rings. The van der Waals surface area contributed by atoms with E-state index in [2.05, 4.69) is 27.9 Å². The van der Waals surface area contributed by atoms with Crippen LogP contribution in [0.15, 0.2) is 18.2 Å². The molecule has 0 amide bonds. The maximum atomic E-state index is 9.75. The summed E-state index contributed by atoms with van der Waals surface area (Å²) in [6.07, 6.45) is 14.5. The van der Waals surface area contributed by atoms with Gasteiger partial charge in [0.1, 0.15) is 0 Å². The van der Waals surface area contributed by atoms with E-state index in [-0.39, 0.29) is 20.1 Å². The zero-order valence-corrected chi connectivity index (χ0v) is 18.0. The van der Waals surface area contributed by atoms with Gasteiger partial charge in [0.25, 0.3) is 0 Å². The SMILES string of the molecule is F[B-](F)(F)F.F[B-](F)(F)F.F[B-](F)(F)F.[C-]#[N+]C.[C-]#[N+]C.[C-]1=C/C=C\CCCC1.[Ir+3]. The van der Waals surface area contributed by atoms with E-state index in [9.17, 15) is 51.8 Å². The third-order valence-corrected chi connectivity index (χ3v) is 1.29. The van der Waals surface area contributed by atoms with Gasteiger partial charge < -0.3 is 61.5 Å². The van der Waals surface area contributed by atoms with Crippen molar-refractivity contribution in [2.45, 2.75) is 25.7 Å². The number of rotatable bonds is 0. The Morgan fingerprint density at radius 2 is 0.967 bits per heavy atom. The van der Waals surface area contributed by atoms with Crippen LogP contribution in [-0.2, 0) is 20.1 Å². The summed E-state index contributed by atoms with van der Waals surface area (Å²) in [5.41, 5.74) is 0. The molecule has 0 radical (unpaired) electrons. The van der Waals surface area contributed by atoms with E-state index in [1.807, 2.05) is 6.08 Å². The molecule has 0 aromatic heterocycles. The Balaban J connectivity index is -0.0000000595. The molecule has 0 aliphatic heterocycles. The van der Waals surface area contributed by atoms with Crippen molar-refractivity contribution in [1.82, 2.24) is 0 Å². The van der Waals surface area contributed by atoms with E-state index in [1.54, 1.807) is 0 Å². The van der Waals surface area contributed by atoms with E-state index in [1.165, 1.54) is 33.4 Å². The average molecular weight is 642 g/mol. The predicted molar refractivity (Wildman–Crippen MR) is 91.0 cm³/mol. The van der Waals surface area contributed by atoms with Crippen molar-refractivity contribution in [3.63, 3.8) is 0 Å². The number of allylic oxidation sites excluding steroid dienone is 4. The molecule has 0 aromatic carbocycles. The van der Waals surface area contributed by atoms with Gasteiger partial charge in [-0.2, -0.15) is 6.08 Å². The summed E-state index contributed by atoms with van der Waals surface area (Å²) < 4.78 is 117. The monoisotopic (exact) mass is 643 g/mol. The fourth-order valence-electron chi connectivity index (χ4n) is 0.805. The Labute approximate surface area is 181 Å². The molecule has 0 fully saturated rings. The molecule has 1 aliphatic rings. The first-order valence-corrected chi connectivity index (χ1v) is 7.18. The first-order valence-electron chi connectivity index (χ1n) is 7.18. The van der Waals surface area contributed by atoms with Crippen LogP contribution in [0.4, 0.5) is 51.8 Å². The summed E-state index contributed by atoms with van der Waals surface area (Å²) in [5.74, 6) is 0. The zero-order valence-electron chi connectivity index (χ0n) is 15.6. The molecule has 1 rings (SSSR count). The minimum absolute atomic E-state index is 0. The van der Waals surface area contributed by atoms with E-state index < -0.39 is 21.8 Å². The van der Waals surface area contributed by atoms with Gasteiger partial charge >= 0.3 is 41.9 Å². The fourth-order valence-corrected chi connectivity index (χ4v) is 0.805. The summed E-state index contributed by atoms with van der Waals surface area (Å²) in [6.45, 7) is 11.7. The van der Waals surface area contributed by atoms with Crippen LogP contribution >= 0.6 is 0 Å². The van der Waals surface area contributed by atoms with E-state index in [0.717, 1.165) is 6.42 Å². The Morgan fingerprint density at radius 1 is 0.700 bits per heavy atom. The molecule has 0 heterocycles. The van der Waals surface area contributed by atoms with Crippen LogP contribution in [0.5, 0.6) is 0 Å². The maximum absolute atomic E-state index is 9.75. The molecule has 0 spiro atoms. The number of hydrogen-bond acceptors (Lipinski definition) is 0. The third kappa shape index (κ3) is 411. The van der Waals surface area contributed by atoms with Gasteiger partial charge in [0, 0.05) is 0 Å². The van der Waals surface area contributed by atoms with Gasteiger partial charge in [-0.05, 0) is 0 Å². The van der Waals surface area contributed by atoms with Gasteiger partial charge in [-0.1, -0.05) is 19.3 Å². The quantitative estimate of drug-likeness (QED) is 0.148. The summed E-state index contributed by atoms with van der Waals surface area (Å²) in [5, 5.41) is 0. The van der Waals surface area contributed by atoms with Crippen LogP contribution in [-0.4, -0.2) is 35.9 Å². The smallest absolute Gasteiger partial charge is 0.418 e. The number of nitrogens with zero attached hydrogens (tertiary/aromatic N) is 2. The summed E-state index contributed by atoms with van der Waals surface area (Å²) >= 11 is 0. The minimum atomic E-state index is -6.00. The van der Waals surface area contributed by atoms with Crippen molar-refractivity contribution in [2.75, 3.05) is 14.1 Å². The van der Waals surface area contributed by atoms with Crippen molar-refractivity contribution < 1.29 is 71.9 Å². The van der Waals surface area contributed by atoms with Crippen LogP contribution in [0.25, 0.3) is 9.69 Å². The van der Waals surface area contributed by atoms with Crippen LogP contribution in [0.1, 0.15) is 25.7 Å². The third-order valence-electron chi connectivity index (χ3n) is 1.29. The maximum Gasteiger partial charge on any atom is 3.00 e. The largest absolute Gasteiger partial charge is 3.00 e. The first-order chi connectivity index (χ1) is 12.8. The standard InChI is InChI=1S/C8H11.2C2H3N.3BF4.Ir/c1-2-4-6-8-7-5-3-1;2*1-3-2;3*2-1(3,4)5;/h1-3H,4,6-8H2;2*1H3;;;;/q-1;;;3*-1;+3/b2-1-;;;;;;. The Kier molecular flexibility index (Phi) is 38.9. The van der Waals surface area contributed by atoms with E-state index in [4.69, 9.17) is 13.1 Å². The molecule has 1 aliphatic carbocycles. The molecule has 178 valence electrons. The molecular formula is C12H17B3F12IrN2-. The summed E-state index contributed by atoms with van der Waals surface area (Å²) in [6, 6.07) is 0. The molecule has 0 saturated carbocycles. The molecule has 18 heteroatoms. The summed E-state index contributed by atoms with van der Waals surface area (Å²) in [7, 11) is -15.2. The van der Waals surface area contributed by atoms with Gasteiger partial charge in [-0.3, -0.25) is 6.08 Å². The fraction of sp³-hybridized carbons (Fsp3) is 0.500. The minimum Gasteiger partial charge on any atom is -0.418 e. The molecule has 0 bridgehead atoms. The molecule has 2 nitrogen and oxygen atoms in total. The van der Waals surface area contributed by atoms with E-state index in [0.29, 0.717) is 0 Å². The Morgan fingerprint density at radius 3 is 1.23 bits per heavy atom. The second-order valence-electron chi connectivity index (χ2n) is 3.98. The van der Waals surface area contributed by atoms with Crippen molar-refractivity contribution in [3.8, 4) is 0 Å². The average Bonchev–Trinajstić information content (AvgIpc) is 2.32. The van der Waals surface area contributed by atoms with Crippen molar-refractivity contribution >= 4 is 21.8 Å². The molecule has 0 N–H and O–H groups in total. The van der Waals surface area contributed by atoms with Gasteiger partial charge in [0.15, 0.2) is 0 Å². The van der Waals surface area contributed by atoms with Crippen LogP contribution < -0.4 is 0 Å². The summed E-state index contributed by atoms with van der Waals surface area (Å²) in [4.78, 5) is 5.50.